The van der Waals surface area contributed by atoms with Crippen molar-refractivity contribution in [1.29, 1.82) is 0 Å². The minimum Gasteiger partial charge on any atom is -0.491 e. The van der Waals surface area contributed by atoms with Crippen molar-refractivity contribution >= 4 is 15.7 Å². The van der Waals surface area contributed by atoms with Gasteiger partial charge < -0.3 is 19.5 Å². The molecule has 0 saturated carbocycles. The third-order valence-corrected chi connectivity index (χ3v) is 4.55. The SMILES string of the molecule is CS(=O)(=O)c1nnnn1-c1ccc(OCCOCCOCC(=O)NC[IH+])cc1. The molecule has 1 heterocycles. The number of nitrogens with zero attached hydrogens (tertiary/aromatic N) is 4. The Morgan fingerprint density at radius 2 is 1.82 bits per heavy atom. The van der Waals surface area contributed by atoms with Crippen molar-refractivity contribution in [3.05, 3.63) is 24.3 Å². The lowest BCUT2D eigenvalue weighted by molar-refractivity contribution is -0.372. The summed E-state index contributed by atoms with van der Waals surface area (Å²) >= 11 is 1.77. The molecule has 0 spiro atoms. The van der Waals surface area contributed by atoms with Crippen LogP contribution in [0.1, 0.15) is 0 Å². The van der Waals surface area contributed by atoms with E-state index in [1.807, 2.05) is 0 Å². The van der Waals surface area contributed by atoms with Crippen LogP contribution in [0.2, 0.25) is 0 Å². The van der Waals surface area contributed by atoms with Gasteiger partial charge in [0.05, 0.1) is 25.5 Å². The molecule has 11 nitrogen and oxygen atoms in total. The number of sulfone groups is 1. The second kappa shape index (κ2) is 11.2. The third-order valence-electron chi connectivity index (χ3n) is 3.22. The zero-order valence-corrected chi connectivity index (χ0v) is 18.3. The number of carbonyl (C=O) groups excluding carboxylic acids is 1. The van der Waals surface area contributed by atoms with E-state index >= 15 is 0 Å². The molecule has 1 amide bonds. The highest BCUT2D eigenvalue weighted by atomic mass is 127. The van der Waals surface area contributed by atoms with Gasteiger partial charge in [-0.2, -0.15) is 4.68 Å². The number of hydrogen-bond acceptors (Lipinski definition) is 9. The van der Waals surface area contributed by atoms with Crippen LogP contribution in [-0.2, 0) is 24.1 Å². The first kappa shape index (κ1) is 22.4. The van der Waals surface area contributed by atoms with Crippen LogP contribution < -0.4 is 32.6 Å². The van der Waals surface area contributed by atoms with Crippen molar-refractivity contribution in [3.63, 3.8) is 0 Å². The van der Waals surface area contributed by atoms with Gasteiger partial charge in [-0.05, 0) is 34.7 Å². The van der Waals surface area contributed by atoms with Gasteiger partial charge in [-0.25, -0.2) is 8.42 Å². The maximum absolute atomic E-state index is 11.7. The molecule has 1 aromatic heterocycles. The minimum absolute atomic E-state index is 0.0179. The first-order valence-corrected chi connectivity index (χ1v) is 11.7. The standard InChI is InChI=1S/C15H20IN5O6S/c1-28(23,24)15-18-19-20-21(15)12-2-4-13(5-3-12)27-9-8-25-6-7-26-10-14(22)17-11-16/h2-5,16H,6-11H2,1H3/p+1. The summed E-state index contributed by atoms with van der Waals surface area (Å²) in [6.07, 6.45) is 1.04. The molecule has 0 unspecified atom stereocenters. The van der Waals surface area contributed by atoms with Crippen LogP contribution in [-0.4, -0.2) is 78.4 Å². The Morgan fingerprint density at radius 3 is 2.50 bits per heavy atom. The van der Waals surface area contributed by atoms with Crippen molar-refractivity contribution in [2.24, 2.45) is 0 Å². The molecule has 0 aliphatic heterocycles. The summed E-state index contributed by atoms with van der Waals surface area (Å²) in [5, 5.41) is 13.0. The van der Waals surface area contributed by atoms with Crippen molar-refractivity contribution in [2.75, 3.05) is 43.8 Å². The van der Waals surface area contributed by atoms with Crippen LogP contribution in [0.4, 0.5) is 0 Å². The number of aromatic nitrogens is 4. The molecule has 0 atom stereocenters. The van der Waals surface area contributed by atoms with Gasteiger partial charge in [0.2, 0.25) is 20.3 Å². The van der Waals surface area contributed by atoms with E-state index in [4.69, 9.17) is 14.2 Å². The number of nitrogens with one attached hydrogen (secondary N) is 1. The van der Waals surface area contributed by atoms with Crippen LogP contribution in [0, 0.1) is 0 Å². The summed E-state index contributed by atoms with van der Waals surface area (Å²) < 4.78 is 41.1. The minimum atomic E-state index is -3.54. The molecule has 154 valence electrons. The fourth-order valence-electron chi connectivity index (χ4n) is 1.99. The molecule has 0 aliphatic rings. The molecule has 0 saturated heterocycles. The molecule has 13 heteroatoms. The highest BCUT2D eigenvalue weighted by Crippen LogP contribution is 2.16. The molecule has 0 fully saturated rings. The van der Waals surface area contributed by atoms with Gasteiger partial charge >= 0.3 is 0 Å². The number of rotatable bonds is 12. The maximum atomic E-state index is 11.7. The molecule has 0 aliphatic carbocycles. The van der Waals surface area contributed by atoms with Crippen molar-refractivity contribution in [2.45, 2.75) is 5.16 Å². The van der Waals surface area contributed by atoms with E-state index in [2.05, 4.69) is 20.8 Å². The fraction of sp³-hybridized carbons (Fsp3) is 0.467. The fourth-order valence-corrected chi connectivity index (χ4v) is 3.09. The number of alkyl halides is 1. The van der Waals surface area contributed by atoms with Gasteiger partial charge in [0.15, 0.2) is 0 Å². The van der Waals surface area contributed by atoms with Gasteiger partial charge in [0.25, 0.3) is 27.7 Å². The zero-order valence-electron chi connectivity index (χ0n) is 15.1. The average Bonchev–Trinajstić information content (AvgIpc) is 3.15. The smallest absolute Gasteiger partial charge is 0.275 e. The van der Waals surface area contributed by atoms with Gasteiger partial charge in [0.1, 0.15) is 19.0 Å². The van der Waals surface area contributed by atoms with Crippen LogP contribution in [0.3, 0.4) is 0 Å². The monoisotopic (exact) mass is 526 g/mol. The van der Waals surface area contributed by atoms with E-state index in [-0.39, 0.29) is 17.7 Å². The Bertz CT molecular complexity index is 858. The Balaban J connectivity index is 1.69. The molecule has 28 heavy (non-hydrogen) atoms. The Hall–Kier alpha value is -1.84. The summed E-state index contributed by atoms with van der Waals surface area (Å²) in [7, 11) is -3.54. The topological polar surface area (TPSA) is 135 Å². The highest BCUT2D eigenvalue weighted by molar-refractivity contribution is 7.90. The number of hydrogen-bond donors (Lipinski definition) is 1. The molecule has 1 N–H and O–H groups in total. The summed E-state index contributed by atoms with van der Waals surface area (Å²) in [6.45, 7) is 1.38. The van der Waals surface area contributed by atoms with Crippen molar-refractivity contribution in [3.8, 4) is 11.4 Å². The second-order valence-electron chi connectivity index (χ2n) is 5.40. The van der Waals surface area contributed by atoms with Gasteiger partial charge in [0, 0.05) is 6.26 Å². The van der Waals surface area contributed by atoms with Gasteiger partial charge in [-0.15, -0.1) is 0 Å². The normalized spacial score (nSPS) is 11.4. The Kier molecular flexibility index (Phi) is 9.01. The first-order chi connectivity index (χ1) is 13.4. The quantitative estimate of drug-likeness (QED) is 0.127. The summed E-state index contributed by atoms with van der Waals surface area (Å²) in [5.74, 6) is 0.441. The van der Waals surface area contributed by atoms with E-state index in [0.717, 1.165) is 10.9 Å². The van der Waals surface area contributed by atoms with Crippen LogP contribution in [0.5, 0.6) is 5.75 Å². The molecule has 0 radical (unpaired) electrons. The van der Waals surface area contributed by atoms with Crippen molar-refractivity contribution < 1.29 is 50.0 Å². The average molecular weight is 526 g/mol. The molecule has 2 rings (SSSR count). The lowest BCUT2D eigenvalue weighted by atomic mass is 10.3. The largest absolute Gasteiger partial charge is 0.491 e. The predicted octanol–water partition coefficient (Wildman–Crippen LogP) is -4.16. The van der Waals surface area contributed by atoms with Crippen molar-refractivity contribution in [1.82, 2.24) is 25.5 Å². The first-order valence-electron chi connectivity index (χ1n) is 8.14. The molecule has 2 aromatic rings. The number of halogens is 1. The molecule has 1 aromatic carbocycles. The van der Waals surface area contributed by atoms with Gasteiger partial charge in [-0.1, -0.05) is 5.10 Å². The van der Waals surface area contributed by atoms with Crippen LogP contribution >= 0.6 is 0 Å². The summed E-state index contributed by atoms with van der Waals surface area (Å²) in [4.78, 5) is 11.2. The maximum Gasteiger partial charge on any atom is 0.275 e. The van der Waals surface area contributed by atoms with E-state index in [1.165, 1.54) is 0 Å². The number of carbonyl (C=O) groups is 1. The lowest BCUT2D eigenvalue weighted by Gasteiger charge is -2.08. The zero-order chi connectivity index (χ0) is 20.4. The summed E-state index contributed by atoms with van der Waals surface area (Å²) in [5.41, 5.74) is 0.499. The third kappa shape index (κ3) is 7.29. The number of tetrazole rings is 1. The molecular formula is C15H21IN5O6S+. The Labute approximate surface area is 175 Å². The van der Waals surface area contributed by atoms with Crippen LogP contribution in [0.25, 0.3) is 5.69 Å². The number of benzene rings is 1. The second-order valence-corrected chi connectivity index (χ2v) is 8.13. The number of amides is 1. The van der Waals surface area contributed by atoms with Crippen LogP contribution in [0.15, 0.2) is 29.4 Å². The van der Waals surface area contributed by atoms with E-state index in [1.54, 1.807) is 46.9 Å². The van der Waals surface area contributed by atoms with Gasteiger partial charge in [-0.3, -0.25) is 4.79 Å². The lowest BCUT2D eigenvalue weighted by Crippen LogP contribution is -3.36. The summed E-state index contributed by atoms with van der Waals surface area (Å²) in [6, 6.07) is 6.66. The van der Waals surface area contributed by atoms with E-state index in [9.17, 15) is 13.2 Å². The Morgan fingerprint density at radius 1 is 1.14 bits per heavy atom. The van der Waals surface area contributed by atoms with E-state index in [0.29, 0.717) is 42.4 Å². The molecule has 0 bridgehead atoms. The molecular weight excluding hydrogens is 505 g/mol. The van der Waals surface area contributed by atoms with E-state index < -0.39 is 9.84 Å². The highest BCUT2D eigenvalue weighted by Gasteiger charge is 2.18. The number of ether oxygens (including phenoxy) is 3. The predicted molar refractivity (Wildman–Crippen MR) is 93.8 cm³/mol.